The van der Waals surface area contributed by atoms with Gasteiger partial charge in [-0.25, -0.2) is 5.43 Å². The van der Waals surface area contributed by atoms with Crippen molar-refractivity contribution in [3.05, 3.63) is 82.8 Å². The number of methoxy groups -OCH3 is 1. The molecule has 1 aromatic heterocycles. The Kier molecular flexibility index (Phi) is 6.35. The summed E-state index contributed by atoms with van der Waals surface area (Å²) in [6.45, 7) is 1.85. The van der Waals surface area contributed by atoms with Crippen molar-refractivity contribution in [2.45, 2.75) is 32.6 Å². The first kappa shape index (κ1) is 21.4. The number of furan rings is 1. The molecule has 7 nitrogen and oxygen atoms in total. The molecule has 0 bridgehead atoms. The number of amides is 2. The number of ether oxygens (including phenoxy) is 1. The highest BCUT2D eigenvalue weighted by Crippen LogP contribution is 2.30. The van der Waals surface area contributed by atoms with E-state index in [1.807, 2.05) is 37.3 Å². The lowest BCUT2D eigenvalue weighted by atomic mass is 9.93. The number of hydrazone groups is 1. The van der Waals surface area contributed by atoms with Crippen LogP contribution in [0, 0.1) is 6.92 Å². The van der Waals surface area contributed by atoms with E-state index in [1.54, 1.807) is 31.4 Å². The van der Waals surface area contributed by atoms with E-state index in [2.05, 4.69) is 15.8 Å². The fraction of sp³-hybridized carbons (Fsp3) is 0.240. The quantitative estimate of drug-likeness (QED) is 0.571. The van der Waals surface area contributed by atoms with Crippen molar-refractivity contribution in [3.63, 3.8) is 0 Å². The minimum absolute atomic E-state index is 0.186. The molecule has 32 heavy (non-hydrogen) atoms. The van der Waals surface area contributed by atoms with Gasteiger partial charge in [-0.05, 0) is 49.6 Å². The Morgan fingerprint density at radius 1 is 1.06 bits per heavy atom. The van der Waals surface area contributed by atoms with Gasteiger partial charge in [0.05, 0.1) is 19.2 Å². The van der Waals surface area contributed by atoms with E-state index in [1.165, 1.54) is 0 Å². The van der Waals surface area contributed by atoms with Crippen molar-refractivity contribution < 1.29 is 18.7 Å². The molecule has 0 unspecified atom stereocenters. The predicted octanol–water partition coefficient (Wildman–Crippen LogP) is 4.25. The van der Waals surface area contributed by atoms with E-state index in [4.69, 9.17) is 9.15 Å². The maximum atomic E-state index is 12.8. The van der Waals surface area contributed by atoms with Crippen LogP contribution in [0.2, 0.25) is 0 Å². The average molecular weight is 431 g/mol. The molecule has 1 aliphatic rings. The van der Waals surface area contributed by atoms with E-state index < -0.39 is 0 Å². The van der Waals surface area contributed by atoms with Crippen LogP contribution >= 0.6 is 0 Å². The van der Waals surface area contributed by atoms with E-state index >= 15 is 0 Å². The Labute approximate surface area is 186 Å². The van der Waals surface area contributed by atoms with Gasteiger partial charge in [0.15, 0.2) is 5.76 Å². The molecule has 0 spiro atoms. The summed E-state index contributed by atoms with van der Waals surface area (Å²) in [6, 6.07) is 16.6. The van der Waals surface area contributed by atoms with Gasteiger partial charge in [-0.2, -0.15) is 5.10 Å². The molecule has 2 amide bonds. The smallest absolute Gasteiger partial charge is 0.291 e. The van der Waals surface area contributed by atoms with Gasteiger partial charge < -0.3 is 14.5 Å². The zero-order valence-electron chi connectivity index (χ0n) is 18.1. The number of nitrogens with zero attached hydrogens (tertiary/aromatic N) is 1. The van der Waals surface area contributed by atoms with Crippen LogP contribution in [0.5, 0.6) is 5.75 Å². The van der Waals surface area contributed by atoms with Crippen molar-refractivity contribution in [1.29, 1.82) is 0 Å². The van der Waals surface area contributed by atoms with Gasteiger partial charge in [0.1, 0.15) is 11.5 Å². The fourth-order valence-electron chi connectivity index (χ4n) is 3.81. The molecular formula is C25H25N3O4. The number of hydrogen-bond donors (Lipinski definition) is 2. The van der Waals surface area contributed by atoms with Crippen LogP contribution in [0.4, 0.5) is 5.69 Å². The van der Waals surface area contributed by atoms with Crippen molar-refractivity contribution in [1.82, 2.24) is 5.43 Å². The second-order valence-corrected chi connectivity index (χ2v) is 7.65. The van der Waals surface area contributed by atoms with Crippen molar-refractivity contribution >= 4 is 23.2 Å². The molecule has 1 heterocycles. The fourth-order valence-corrected chi connectivity index (χ4v) is 3.81. The highest BCUT2D eigenvalue weighted by molar-refractivity contribution is 6.09. The lowest BCUT2D eigenvalue weighted by Gasteiger charge is -2.13. The molecule has 0 atom stereocenters. The maximum Gasteiger partial charge on any atom is 0.291 e. The second kappa shape index (κ2) is 9.51. The summed E-state index contributed by atoms with van der Waals surface area (Å²) in [6.07, 6.45) is 2.53. The van der Waals surface area contributed by atoms with E-state index in [9.17, 15) is 9.59 Å². The number of rotatable bonds is 6. The third-order valence-electron chi connectivity index (χ3n) is 5.40. The predicted molar refractivity (Wildman–Crippen MR) is 122 cm³/mol. The zero-order valence-corrected chi connectivity index (χ0v) is 18.1. The first-order valence-electron chi connectivity index (χ1n) is 10.5. The van der Waals surface area contributed by atoms with Crippen LogP contribution in [0.25, 0.3) is 0 Å². The van der Waals surface area contributed by atoms with Crippen LogP contribution in [0.3, 0.4) is 0 Å². The third-order valence-corrected chi connectivity index (χ3v) is 5.40. The molecule has 0 saturated carbocycles. The lowest BCUT2D eigenvalue weighted by molar-refractivity contribution is -0.120. The number of hydrogen-bond acceptors (Lipinski definition) is 5. The summed E-state index contributed by atoms with van der Waals surface area (Å²) < 4.78 is 11.1. The highest BCUT2D eigenvalue weighted by Gasteiger charge is 2.28. The molecule has 0 radical (unpaired) electrons. The summed E-state index contributed by atoms with van der Waals surface area (Å²) >= 11 is 0. The molecule has 3 aromatic rings. The van der Waals surface area contributed by atoms with Gasteiger partial charge in [0, 0.05) is 23.2 Å². The van der Waals surface area contributed by atoms with E-state index in [0.29, 0.717) is 17.9 Å². The number of nitrogens with one attached hydrogen (secondary N) is 2. The Bertz CT molecular complexity index is 1150. The molecule has 0 aliphatic heterocycles. The van der Waals surface area contributed by atoms with Gasteiger partial charge in [0.2, 0.25) is 5.91 Å². The summed E-state index contributed by atoms with van der Waals surface area (Å²) in [5.74, 6) is 1.19. The van der Waals surface area contributed by atoms with Gasteiger partial charge in [0.25, 0.3) is 5.91 Å². The topological polar surface area (TPSA) is 92.9 Å². The SMILES string of the molecule is COc1ccc(NC(=O)c2oc3c(c2C)/C(=N/NC(=O)Cc2ccccc2)CCC3)cc1. The summed E-state index contributed by atoms with van der Waals surface area (Å²) in [7, 11) is 1.59. The van der Waals surface area contributed by atoms with Gasteiger partial charge in [-0.1, -0.05) is 30.3 Å². The summed E-state index contributed by atoms with van der Waals surface area (Å²) in [4.78, 5) is 25.1. The maximum absolute atomic E-state index is 12.8. The monoisotopic (exact) mass is 431 g/mol. The zero-order chi connectivity index (χ0) is 22.5. The number of benzene rings is 2. The van der Waals surface area contributed by atoms with Crippen LogP contribution in [0.15, 0.2) is 64.1 Å². The third kappa shape index (κ3) is 4.72. The molecule has 4 rings (SSSR count). The molecule has 0 fully saturated rings. The Morgan fingerprint density at radius 2 is 1.81 bits per heavy atom. The van der Waals surface area contributed by atoms with Crippen molar-refractivity contribution in [3.8, 4) is 5.75 Å². The molecule has 7 heteroatoms. The summed E-state index contributed by atoms with van der Waals surface area (Å²) in [5, 5.41) is 7.22. The minimum Gasteiger partial charge on any atom is -0.497 e. The molecule has 164 valence electrons. The minimum atomic E-state index is -0.325. The number of anilines is 1. The van der Waals surface area contributed by atoms with E-state index in [0.717, 1.165) is 41.0 Å². The summed E-state index contributed by atoms with van der Waals surface area (Å²) in [5.41, 5.74) is 6.49. The van der Waals surface area contributed by atoms with Crippen molar-refractivity contribution in [2.75, 3.05) is 12.4 Å². The van der Waals surface area contributed by atoms with Crippen LogP contribution < -0.4 is 15.5 Å². The lowest BCUT2D eigenvalue weighted by Crippen LogP contribution is -2.23. The molecule has 2 aromatic carbocycles. The molecule has 2 N–H and O–H groups in total. The van der Waals surface area contributed by atoms with Crippen LogP contribution in [-0.4, -0.2) is 24.6 Å². The Hall–Kier alpha value is -3.87. The standard InChI is InChI=1S/C25H25N3O4/c1-16-23-20(27-28-22(29)15-17-7-4-3-5-8-17)9-6-10-21(23)32-24(16)25(30)26-18-11-13-19(31-2)14-12-18/h3-5,7-8,11-14H,6,9-10,15H2,1-2H3,(H,26,30)(H,28,29)/b27-20+. The number of fused-ring (bicyclic) bond motifs is 1. The second-order valence-electron chi connectivity index (χ2n) is 7.65. The number of carbonyl (C=O) groups is 2. The average Bonchev–Trinajstić information content (AvgIpc) is 3.16. The van der Waals surface area contributed by atoms with Crippen LogP contribution in [-0.2, 0) is 17.6 Å². The van der Waals surface area contributed by atoms with Gasteiger partial charge in [-0.3, -0.25) is 9.59 Å². The normalized spacial score (nSPS) is 14.0. The highest BCUT2D eigenvalue weighted by atomic mass is 16.5. The number of carbonyl (C=O) groups excluding carboxylic acids is 2. The largest absolute Gasteiger partial charge is 0.497 e. The Balaban J connectivity index is 1.49. The van der Waals surface area contributed by atoms with Crippen LogP contribution in [0.1, 0.15) is 45.8 Å². The van der Waals surface area contributed by atoms with Gasteiger partial charge >= 0.3 is 0 Å². The van der Waals surface area contributed by atoms with E-state index in [-0.39, 0.29) is 24.0 Å². The first-order valence-corrected chi connectivity index (χ1v) is 10.5. The molecular weight excluding hydrogens is 406 g/mol. The first-order chi connectivity index (χ1) is 15.5. The van der Waals surface area contributed by atoms with Crippen molar-refractivity contribution in [2.24, 2.45) is 5.10 Å². The molecule has 0 saturated heterocycles. The molecule has 1 aliphatic carbocycles. The number of aryl methyl sites for hydroxylation is 1. The Morgan fingerprint density at radius 3 is 2.53 bits per heavy atom. The van der Waals surface area contributed by atoms with Gasteiger partial charge in [-0.15, -0.1) is 0 Å².